The number of benzene rings is 3. The Morgan fingerprint density at radius 3 is 2.62 bits per heavy atom. The number of ketones is 1. The van der Waals surface area contributed by atoms with E-state index in [0.717, 1.165) is 33.8 Å². The molecule has 6 nitrogen and oxygen atoms in total. The molecule has 2 aromatic heterocycles. The van der Waals surface area contributed by atoms with Gasteiger partial charge in [-0.3, -0.25) is 4.79 Å². The van der Waals surface area contributed by atoms with Crippen LogP contribution in [0.4, 0.5) is 8.78 Å². The summed E-state index contributed by atoms with van der Waals surface area (Å²) in [6, 6.07) is 21.2. The first-order valence-corrected chi connectivity index (χ1v) is 12.4. The molecule has 0 spiro atoms. The Hall–Kier alpha value is -3.82. The maximum Gasteiger partial charge on any atom is 0.387 e. The smallest absolute Gasteiger partial charge is 0.387 e. The molecule has 0 atom stereocenters. The molecule has 0 amide bonds. The number of carbonyl (C=O) groups excluding carboxylic acids is 1. The average Bonchev–Trinajstić information content (AvgIpc) is 3.37. The second-order valence-corrected chi connectivity index (χ2v) is 9.41. The van der Waals surface area contributed by atoms with Crippen molar-refractivity contribution in [1.82, 2.24) is 15.2 Å². The average molecular weight is 538 g/mol. The minimum absolute atomic E-state index is 0.0697. The van der Waals surface area contributed by atoms with Crippen molar-refractivity contribution in [3.8, 4) is 28.5 Å². The zero-order valence-electron chi connectivity index (χ0n) is 19.3. The predicted octanol–water partition coefficient (Wildman–Crippen LogP) is 7.49. The zero-order valence-corrected chi connectivity index (χ0v) is 20.9. The van der Waals surface area contributed by atoms with Gasteiger partial charge in [0, 0.05) is 16.0 Å². The SMILES string of the molecule is Cc1ccc(OC(F)F)c(C(=O)CSc2nnc(-c3cc(-c4ccc(Cl)cc4)nc4ccccc34)o2)c1. The highest BCUT2D eigenvalue weighted by Crippen LogP contribution is 2.33. The van der Waals surface area contributed by atoms with E-state index in [1.807, 2.05) is 42.5 Å². The molecule has 0 saturated heterocycles. The van der Waals surface area contributed by atoms with Gasteiger partial charge in [-0.2, -0.15) is 8.78 Å². The molecule has 0 aliphatic heterocycles. The molecule has 0 saturated carbocycles. The number of pyridine rings is 1. The second-order valence-electron chi connectivity index (χ2n) is 8.04. The number of nitrogens with zero attached hydrogens (tertiary/aromatic N) is 3. The lowest BCUT2D eigenvalue weighted by molar-refractivity contribution is -0.0501. The molecule has 0 N–H and O–H groups in total. The monoisotopic (exact) mass is 537 g/mol. The third kappa shape index (κ3) is 5.63. The van der Waals surface area contributed by atoms with Crippen LogP contribution < -0.4 is 4.74 Å². The first kappa shape index (κ1) is 24.9. The van der Waals surface area contributed by atoms with Crippen molar-refractivity contribution < 1.29 is 22.7 Å². The van der Waals surface area contributed by atoms with Gasteiger partial charge in [0.1, 0.15) is 5.75 Å². The number of thioether (sulfide) groups is 1. The van der Waals surface area contributed by atoms with E-state index in [4.69, 9.17) is 21.0 Å². The van der Waals surface area contributed by atoms with Gasteiger partial charge in [-0.15, -0.1) is 10.2 Å². The predicted molar refractivity (Wildman–Crippen MR) is 138 cm³/mol. The zero-order chi connectivity index (χ0) is 25.9. The Morgan fingerprint density at radius 2 is 1.84 bits per heavy atom. The van der Waals surface area contributed by atoms with Crippen molar-refractivity contribution in [1.29, 1.82) is 0 Å². The van der Waals surface area contributed by atoms with E-state index in [1.165, 1.54) is 12.1 Å². The van der Waals surface area contributed by atoms with E-state index in [-0.39, 0.29) is 28.2 Å². The van der Waals surface area contributed by atoms with E-state index >= 15 is 0 Å². The van der Waals surface area contributed by atoms with Gasteiger partial charge in [0.05, 0.1) is 28.1 Å². The molecule has 5 aromatic rings. The standard InChI is InChI=1S/C27H18ClF2N3O3S/c1-15-6-11-24(35-26(29)30)20(12-15)23(34)14-37-27-33-32-25(36-27)19-13-22(16-7-9-17(28)10-8-16)31-21-5-3-2-4-18(19)21/h2-13,26H,14H2,1H3. The topological polar surface area (TPSA) is 78.1 Å². The molecular formula is C27H18ClF2N3O3S. The van der Waals surface area contributed by atoms with Crippen molar-refractivity contribution >= 4 is 40.0 Å². The Labute approximate surface area is 219 Å². The summed E-state index contributed by atoms with van der Waals surface area (Å²) in [6.07, 6.45) is 0. The van der Waals surface area contributed by atoms with Crippen LogP contribution in [0, 0.1) is 6.92 Å². The van der Waals surface area contributed by atoms with Crippen molar-refractivity contribution in [3.63, 3.8) is 0 Å². The number of fused-ring (bicyclic) bond motifs is 1. The molecule has 186 valence electrons. The quantitative estimate of drug-likeness (QED) is 0.150. The van der Waals surface area contributed by atoms with Gasteiger partial charge < -0.3 is 9.15 Å². The van der Waals surface area contributed by atoms with Gasteiger partial charge in [-0.05, 0) is 43.3 Å². The first-order valence-electron chi connectivity index (χ1n) is 11.1. The molecule has 0 aliphatic carbocycles. The molecule has 0 bridgehead atoms. The van der Waals surface area contributed by atoms with E-state index in [0.29, 0.717) is 16.3 Å². The second kappa shape index (κ2) is 10.7. The summed E-state index contributed by atoms with van der Waals surface area (Å²) < 4.78 is 35.9. The number of carbonyl (C=O) groups is 1. The van der Waals surface area contributed by atoms with Crippen LogP contribution in [0.3, 0.4) is 0 Å². The summed E-state index contributed by atoms with van der Waals surface area (Å²) in [6.45, 7) is -1.27. The molecule has 37 heavy (non-hydrogen) atoms. The molecule has 0 unspecified atom stereocenters. The van der Waals surface area contributed by atoms with Crippen molar-refractivity contribution in [2.75, 3.05) is 5.75 Å². The number of Topliss-reactive ketones (excluding diaryl/α,β-unsaturated/α-hetero) is 1. The lowest BCUT2D eigenvalue weighted by Gasteiger charge is -2.10. The summed E-state index contributed by atoms with van der Waals surface area (Å²) in [5.41, 5.74) is 3.83. The number of halogens is 3. The minimum atomic E-state index is -3.03. The van der Waals surface area contributed by atoms with Crippen LogP contribution in [0.2, 0.25) is 5.02 Å². The molecule has 0 radical (unpaired) electrons. The van der Waals surface area contributed by atoms with Crippen molar-refractivity contribution in [2.45, 2.75) is 18.8 Å². The number of aromatic nitrogens is 3. The number of aryl methyl sites for hydroxylation is 1. The molecular weight excluding hydrogens is 520 g/mol. The normalized spacial score (nSPS) is 11.3. The van der Waals surface area contributed by atoms with Gasteiger partial charge in [-0.25, -0.2) is 4.98 Å². The molecule has 0 fully saturated rings. The number of rotatable bonds is 8. The van der Waals surface area contributed by atoms with Crippen LogP contribution in [-0.2, 0) is 0 Å². The fraction of sp³-hybridized carbons (Fsp3) is 0.111. The van der Waals surface area contributed by atoms with Crippen LogP contribution in [0.1, 0.15) is 15.9 Å². The Balaban J connectivity index is 1.41. The fourth-order valence-electron chi connectivity index (χ4n) is 3.76. The highest BCUT2D eigenvalue weighted by Gasteiger charge is 2.19. The summed E-state index contributed by atoms with van der Waals surface area (Å²) in [5, 5.41) is 9.87. The van der Waals surface area contributed by atoms with Gasteiger partial charge in [0.15, 0.2) is 5.78 Å². The van der Waals surface area contributed by atoms with Crippen molar-refractivity contribution in [3.05, 3.63) is 88.9 Å². The van der Waals surface area contributed by atoms with E-state index in [2.05, 4.69) is 14.9 Å². The maximum atomic E-state index is 12.8. The highest BCUT2D eigenvalue weighted by molar-refractivity contribution is 7.99. The van der Waals surface area contributed by atoms with Crippen molar-refractivity contribution in [2.24, 2.45) is 0 Å². The summed E-state index contributed by atoms with van der Waals surface area (Å²) in [7, 11) is 0. The molecule has 10 heteroatoms. The number of ether oxygens (including phenoxy) is 1. The van der Waals surface area contributed by atoms with Crippen LogP contribution in [0.25, 0.3) is 33.6 Å². The lowest BCUT2D eigenvalue weighted by atomic mass is 10.0. The molecule has 0 aliphatic rings. The van der Waals surface area contributed by atoms with Crippen LogP contribution in [-0.4, -0.2) is 33.3 Å². The van der Waals surface area contributed by atoms with E-state index in [9.17, 15) is 13.6 Å². The Kier molecular flexibility index (Phi) is 7.16. The van der Waals surface area contributed by atoms with E-state index in [1.54, 1.807) is 25.1 Å². The van der Waals surface area contributed by atoms with Crippen LogP contribution in [0.15, 0.2) is 82.4 Å². The first-order chi connectivity index (χ1) is 17.9. The third-order valence-corrected chi connectivity index (χ3v) is 6.54. The molecule has 2 heterocycles. The summed E-state index contributed by atoms with van der Waals surface area (Å²) in [4.78, 5) is 17.5. The van der Waals surface area contributed by atoms with Gasteiger partial charge in [-0.1, -0.05) is 65.3 Å². The number of para-hydroxylation sites is 1. The van der Waals surface area contributed by atoms with Gasteiger partial charge >= 0.3 is 6.61 Å². The fourth-order valence-corrected chi connectivity index (χ4v) is 4.54. The van der Waals surface area contributed by atoms with Crippen LogP contribution in [0.5, 0.6) is 5.75 Å². The Morgan fingerprint density at radius 1 is 1.05 bits per heavy atom. The van der Waals surface area contributed by atoms with Crippen LogP contribution >= 0.6 is 23.4 Å². The molecule has 5 rings (SSSR count). The Bertz CT molecular complexity index is 1590. The lowest BCUT2D eigenvalue weighted by Crippen LogP contribution is -2.10. The molecule has 3 aromatic carbocycles. The van der Waals surface area contributed by atoms with E-state index < -0.39 is 12.4 Å². The van der Waals surface area contributed by atoms with Gasteiger partial charge in [0.2, 0.25) is 5.89 Å². The number of hydrogen-bond donors (Lipinski definition) is 0. The van der Waals surface area contributed by atoms with Gasteiger partial charge in [0.25, 0.3) is 5.22 Å². The largest absolute Gasteiger partial charge is 0.434 e. The summed E-state index contributed by atoms with van der Waals surface area (Å²) in [5.74, 6) is -0.405. The minimum Gasteiger partial charge on any atom is -0.434 e. The highest BCUT2D eigenvalue weighted by atomic mass is 35.5. The third-order valence-electron chi connectivity index (χ3n) is 5.47. The number of hydrogen-bond acceptors (Lipinski definition) is 7. The number of alkyl halides is 2. The summed E-state index contributed by atoms with van der Waals surface area (Å²) >= 11 is 7.05. The maximum absolute atomic E-state index is 12.8.